The zero-order chi connectivity index (χ0) is 59.6. The van der Waals surface area contributed by atoms with Crippen molar-refractivity contribution in [3.63, 3.8) is 0 Å². The van der Waals surface area contributed by atoms with Crippen molar-refractivity contribution < 1.29 is 24.1 Å². The number of aldehydes is 1. The van der Waals surface area contributed by atoms with Crippen molar-refractivity contribution in [1.29, 1.82) is 5.41 Å². The first-order valence-electron chi connectivity index (χ1n) is 29.3. The Kier molecular flexibility index (Phi) is 27.9. The van der Waals surface area contributed by atoms with Gasteiger partial charge in [-0.1, -0.05) is 199 Å². The van der Waals surface area contributed by atoms with Crippen LogP contribution in [-0.2, 0) is 44.1 Å². The van der Waals surface area contributed by atoms with E-state index in [4.69, 9.17) is 30.3 Å². The number of imidazole rings is 3. The first kappa shape index (κ1) is 64.3. The van der Waals surface area contributed by atoms with Crippen LogP contribution in [0, 0.1) is 5.41 Å². The molecule has 0 fully saturated rings. The Hall–Kier alpha value is -8.92. The second-order valence-corrected chi connectivity index (χ2v) is 19.7. The molecule has 0 saturated carbocycles. The second kappa shape index (κ2) is 36.5. The van der Waals surface area contributed by atoms with Gasteiger partial charge in [0.25, 0.3) is 0 Å². The van der Waals surface area contributed by atoms with E-state index in [0.717, 1.165) is 159 Å². The number of hydrogen-bond acceptors (Lipinski definition) is 11. The number of aliphatic hydroxyl groups is 1. The summed E-state index contributed by atoms with van der Waals surface area (Å²) in [6, 6.07) is 55.8. The molecule has 1 aliphatic heterocycles. The van der Waals surface area contributed by atoms with Gasteiger partial charge in [0.1, 0.15) is 29.0 Å². The van der Waals surface area contributed by atoms with Gasteiger partial charge in [-0.2, -0.15) is 0 Å². The average molecular weight is 1130 g/mol. The third kappa shape index (κ3) is 19.9. The van der Waals surface area contributed by atoms with Crippen molar-refractivity contribution >= 4 is 18.0 Å². The monoisotopic (exact) mass is 1130 g/mol. The number of nitrogens with zero attached hydrogens (tertiary/aromatic N) is 7. The first-order valence-corrected chi connectivity index (χ1v) is 29.3. The molecule has 5 N–H and O–H groups in total. The maximum Gasteiger partial charge on any atom is 0.231 e. The van der Waals surface area contributed by atoms with Crippen molar-refractivity contribution in [2.45, 2.75) is 118 Å². The van der Waals surface area contributed by atoms with E-state index in [1.54, 1.807) is 12.4 Å². The molecule has 15 nitrogen and oxygen atoms in total. The SMILES string of the molecule is CCCCN=C(N)c1ccccc1.CCCCn1c(C=O)cnc1-c1ccccc1.CCCCn1c(CNCc2ccc3c(c2)OCO3)cnc1-c1ccccc1.CCCCn1c(CO)cnc1-c1ccccc1.COC(=N)c1ccccc1. The summed E-state index contributed by atoms with van der Waals surface area (Å²) in [4.78, 5) is 28.7. The molecule has 0 radical (unpaired) electrons. The topological polar surface area (TPSA) is 193 Å². The molecule has 1 aliphatic rings. The second-order valence-electron chi connectivity index (χ2n) is 19.7. The Bertz CT molecular complexity index is 3310. The Balaban J connectivity index is 0.000000176. The molecular weight excluding hydrogens is 1050 g/mol. The molecule has 0 unspecified atom stereocenters. The molecule has 0 saturated heterocycles. The van der Waals surface area contributed by atoms with Gasteiger partial charge in [0.2, 0.25) is 12.7 Å². The van der Waals surface area contributed by atoms with E-state index in [1.165, 1.54) is 18.4 Å². The van der Waals surface area contributed by atoms with E-state index in [1.807, 2.05) is 150 Å². The molecule has 9 aromatic rings. The third-order valence-electron chi connectivity index (χ3n) is 13.5. The lowest BCUT2D eigenvalue weighted by Crippen LogP contribution is -2.16. The fraction of sp³-hybridized carbons (Fsp3) is 0.304. The summed E-state index contributed by atoms with van der Waals surface area (Å²) >= 11 is 0. The van der Waals surface area contributed by atoms with E-state index in [9.17, 15) is 9.90 Å². The van der Waals surface area contributed by atoms with Crippen molar-refractivity contribution in [3.05, 3.63) is 222 Å². The average Bonchev–Trinajstić information content (AvgIpc) is 4.57. The maximum absolute atomic E-state index is 11.0. The minimum absolute atomic E-state index is 0.0452. The van der Waals surface area contributed by atoms with Gasteiger partial charge < -0.3 is 44.1 Å². The zero-order valence-corrected chi connectivity index (χ0v) is 49.6. The van der Waals surface area contributed by atoms with Gasteiger partial charge >= 0.3 is 0 Å². The summed E-state index contributed by atoms with van der Waals surface area (Å²) in [6.07, 6.45) is 15.2. The molecular formula is C69H84N10O5. The van der Waals surface area contributed by atoms with E-state index in [-0.39, 0.29) is 12.5 Å². The van der Waals surface area contributed by atoms with Crippen LogP contribution in [0.4, 0.5) is 0 Å². The number of carbonyl (C=O) groups is 1. The molecule has 15 heteroatoms. The van der Waals surface area contributed by atoms with Crippen LogP contribution in [-0.4, -0.2) is 72.2 Å². The molecule has 10 rings (SSSR count). The quantitative estimate of drug-likeness (QED) is 0.0207. The van der Waals surface area contributed by atoms with Gasteiger partial charge in [0.05, 0.1) is 43.7 Å². The van der Waals surface area contributed by atoms with Gasteiger partial charge in [-0.25, -0.2) is 15.0 Å². The van der Waals surface area contributed by atoms with Gasteiger partial charge in [0.15, 0.2) is 17.8 Å². The predicted molar refractivity (Wildman–Crippen MR) is 339 cm³/mol. The number of aromatic nitrogens is 6. The van der Waals surface area contributed by atoms with Gasteiger partial charge in [-0.05, 0) is 55.5 Å². The molecule has 84 heavy (non-hydrogen) atoms. The van der Waals surface area contributed by atoms with Crippen LogP contribution in [0.2, 0.25) is 0 Å². The molecule has 4 heterocycles. The molecule has 0 amide bonds. The summed E-state index contributed by atoms with van der Waals surface area (Å²) in [6.45, 7) is 14.1. The highest BCUT2D eigenvalue weighted by molar-refractivity contribution is 5.97. The molecule has 440 valence electrons. The van der Waals surface area contributed by atoms with Crippen LogP contribution in [0.5, 0.6) is 11.5 Å². The number of nitrogens with two attached hydrogens (primary N) is 1. The number of hydrogen-bond donors (Lipinski definition) is 4. The van der Waals surface area contributed by atoms with Crippen molar-refractivity contribution in [2.75, 3.05) is 20.4 Å². The van der Waals surface area contributed by atoms with Crippen LogP contribution in [0.3, 0.4) is 0 Å². The number of amidine groups is 1. The van der Waals surface area contributed by atoms with Gasteiger partial charge in [-0.15, -0.1) is 0 Å². The van der Waals surface area contributed by atoms with E-state index in [0.29, 0.717) is 18.3 Å². The van der Waals surface area contributed by atoms with Crippen LogP contribution in [0.15, 0.2) is 193 Å². The van der Waals surface area contributed by atoms with Crippen molar-refractivity contribution in [2.24, 2.45) is 10.7 Å². The lowest BCUT2D eigenvalue weighted by Gasteiger charge is -2.13. The maximum atomic E-state index is 11.0. The predicted octanol–water partition coefficient (Wildman–Crippen LogP) is 14.2. The standard InChI is InChI=1S/C22H25N3O2.C14H18N2O.C14H16N2O.C11H16N2.C8H9NO/c1-2-3-11-25-19(15-24-22(25)18-7-5-4-6-8-18)14-23-13-17-9-10-20-21(12-17)27-16-26-20;2*1-2-3-9-16-13(11-17)10-15-14(16)12-7-5-4-6-8-12;1-2-3-9-13-11(12)10-7-5-4-6-8-10;1-10-8(9)7-5-3-2-4-6-7/h4-10,12,15,23H,2-3,11,13-14,16H2,1H3;4-8,10,17H,2-3,9,11H2,1H3;4-8,10-11H,2-3,9H2,1H3;4-8H,2-3,9H2,1H3,(H2,12,13);2-6,9H,1H3. The number of carbonyl (C=O) groups excluding carboxylic acids is 1. The number of aliphatic imine (C=N–C) groups is 1. The third-order valence-corrected chi connectivity index (χ3v) is 13.5. The normalized spacial score (nSPS) is 11.1. The Labute approximate surface area is 496 Å². The number of rotatable bonds is 23. The number of methoxy groups -OCH3 is 1. The fourth-order valence-corrected chi connectivity index (χ4v) is 8.86. The summed E-state index contributed by atoms with van der Waals surface area (Å²) in [5.41, 5.74) is 14.9. The number of fused-ring (bicyclic) bond motifs is 1. The Morgan fingerprint density at radius 1 is 0.595 bits per heavy atom. The number of benzene rings is 6. The highest BCUT2D eigenvalue weighted by Crippen LogP contribution is 2.32. The minimum atomic E-state index is 0.0452. The highest BCUT2D eigenvalue weighted by Gasteiger charge is 2.16. The summed E-state index contributed by atoms with van der Waals surface area (Å²) in [5.74, 6) is 5.38. The number of nitrogens with one attached hydrogen (secondary N) is 2. The van der Waals surface area contributed by atoms with Gasteiger partial charge in [-0.3, -0.25) is 15.2 Å². The molecule has 0 atom stereocenters. The number of aliphatic hydroxyl groups excluding tert-OH is 1. The van der Waals surface area contributed by atoms with E-state index < -0.39 is 0 Å². The van der Waals surface area contributed by atoms with Gasteiger partial charge in [0, 0.05) is 67.1 Å². The summed E-state index contributed by atoms with van der Waals surface area (Å²) in [5, 5.41) is 20.1. The van der Waals surface area contributed by atoms with E-state index >= 15 is 0 Å². The number of unbranched alkanes of at least 4 members (excludes halogenated alkanes) is 4. The molecule has 0 bridgehead atoms. The van der Waals surface area contributed by atoms with Crippen LogP contribution < -0.4 is 20.5 Å². The molecule has 3 aromatic heterocycles. The molecule has 0 spiro atoms. The summed E-state index contributed by atoms with van der Waals surface area (Å²) < 4.78 is 22.0. The van der Waals surface area contributed by atoms with Crippen LogP contribution in [0.1, 0.15) is 118 Å². The zero-order valence-electron chi connectivity index (χ0n) is 49.6. The van der Waals surface area contributed by atoms with Crippen LogP contribution >= 0.6 is 0 Å². The van der Waals surface area contributed by atoms with Crippen LogP contribution in [0.25, 0.3) is 34.2 Å². The van der Waals surface area contributed by atoms with Crippen molar-refractivity contribution in [3.8, 4) is 45.7 Å². The minimum Gasteiger partial charge on any atom is -0.481 e. The lowest BCUT2D eigenvalue weighted by molar-refractivity contribution is 0.111. The Morgan fingerprint density at radius 2 is 1.05 bits per heavy atom. The number of ether oxygens (including phenoxy) is 3. The molecule has 0 aliphatic carbocycles. The largest absolute Gasteiger partial charge is 0.481 e. The van der Waals surface area contributed by atoms with E-state index in [2.05, 4.69) is 87.4 Å². The first-order chi connectivity index (χ1) is 41.3. The highest BCUT2D eigenvalue weighted by atomic mass is 16.7. The summed E-state index contributed by atoms with van der Waals surface area (Å²) in [7, 11) is 1.50. The fourth-order valence-electron chi connectivity index (χ4n) is 8.86. The molecule has 6 aromatic carbocycles. The smallest absolute Gasteiger partial charge is 0.231 e. The Morgan fingerprint density at radius 3 is 1.55 bits per heavy atom. The van der Waals surface area contributed by atoms with Crippen molar-refractivity contribution in [1.82, 2.24) is 34.0 Å². The lowest BCUT2D eigenvalue weighted by atomic mass is 10.2.